The van der Waals surface area contributed by atoms with Crippen LogP contribution in [0.25, 0.3) is 0 Å². The molecule has 1 fully saturated rings. The molecule has 1 saturated carbocycles. The van der Waals surface area contributed by atoms with Crippen molar-refractivity contribution in [3.63, 3.8) is 0 Å². The van der Waals surface area contributed by atoms with Crippen LogP contribution in [0, 0.1) is 0 Å². The number of rotatable bonds is 5. The third-order valence-electron chi connectivity index (χ3n) is 4.79. The van der Waals surface area contributed by atoms with Crippen molar-refractivity contribution in [2.45, 2.75) is 50.5 Å². The maximum atomic E-state index is 13.0. The number of carbonyl (C=O) groups excluding carboxylic acids is 1. The van der Waals surface area contributed by atoms with Gasteiger partial charge in [-0.15, -0.1) is 0 Å². The van der Waals surface area contributed by atoms with E-state index in [9.17, 15) is 4.79 Å². The van der Waals surface area contributed by atoms with E-state index >= 15 is 0 Å². The molecule has 1 N–H and O–H groups in total. The van der Waals surface area contributed by atoms with Gasteiger partial charge in [0.05, 0.1) is 17.9 Å². The van der Waals surface area contributed by atoms with Gasteiger partial charge in [0, 0.05) is 11.1 Å². The summed E-state index contributed by atoms with van der Waals surface area (Å²) in [6.07, 6.45) is 8.15. The van der Waals surface area contributed by atoms with Gasteiger partial charge in [0.25, 0.3) is 0 Å². The minimum atomic E-state index is -0.407. The molecular formula is C19H22ClNO2. The van der Waals surface area contributed by atoms with Crippen LogP contribution in [-0.4, -0.2) is 11.9 Å². The number of nitrogens with one attached hydrogen (secondary N) is 1. The Balaban J connectivity index is 1.75. The van der Waals surface area contributed by atoms with Gasteiger partial charge in [-0.3, -0.25) is 4.79 Å². The summed E-state index contributed by atoms with van der Waals surface area (Å²) in [5, 5.41) is 3.90. The van der Waals surface area contributed by atoms with E-state index in [0.29, 0.717) is 5.02 Å². The molecule has 23 heavy (non-hydrogen) atoms. The summed E-state index contributed by atoms with van der Waals surface area (Å²) in [6.45, 7) is 2.04. The Bertz CT molecular complexity index is 643. The molecule has 0 bridgehead atoms. The summed E-state index contributed by atoms with van der Waals surface area (Å²) in [5.74, 6) is 0.133. The van der Waals surface area contributed by atoms with Crippen molar-refractivity contribution in [3.8, 4) is 0 Å². The number of halogens is 1. The smallest absolute Gasteiger partial charge is 0.230 e. The van der Waals surface area contributed by atoms with E-state index < -0.39 is 5.41 Å². The fourth-order valence-corrected chi connectivity index (χ4v) is 3.70. The molecule has 1 atom stereocenters. The molecule has 0 radical (unpaired) electrons. The van der Waals surface area contributed by atoms with Gasteiger partial charge in [-0.2, -0.15) is 0 Å². The van der Waals surface area contributed by atoms with Crippen molar-refractivity contribution < 1.29 is 9.21 Å². The fraction of sp³-hybridized carbons (Fsp3) is 0.421. The Morgan fingerprint density at radius 3 is 2.57 bits per heavy atom. The number of benzene rings is 1. The monoisotopic (exact) mass is 331 g/mol. The standard InChI is InChI=1S/C19H22ClNO2/c1-14(12-15-8-11-23-13-15)21-18(22)19(9-2-3-10-19)16-4-6-17(20)7-5-16/h4-8,11,13-14H,2-3,9-10,12H2,1H3,(H,21,22)/t14-/m1/s1. The first-order chi connectivity index (χ1) is 11.1. The lowest BCUT2D eigenvalue weighted by Crippen LogP contribution is -2.46. The summed E-state index contributed by atoms with van der Waals surface area (Å²) in [5.41, 5.74) is 1.77. The Labute approximate surface area is 142 Å². The number of carbonyl (C=O) groups is 1. The lowest BCUT2D eigenvalue weighted by atomic mass is 9.77. The summed E-state index contributed by atoms with van der Waals surface area (Å²) in [6, 6.07) is 9.75. The molecule has 0 unspecified atom stereocenters. The van der Waals surface area contributed by atoms with Crippen molar-refractivity contribution in [1.82, 2.24) is 5.32 Å². The number of amides is 1. The lowest BCUT2D eigenvalue weighted by molar-refractivity contribution is -0.127. The molecule has 1 aliphatic rings. The lowest BCUT2D eigenvalue weighted by Gasteiger charge is -2.30. The molecule has 122 valence electrons. The fourth-order valence-electron chi connectivity index (χ4n) is 3.57. The Morgan fingerprint density at radius 2 is 1.96 bits per heavy atom. The number of hydrogen-bond donors (Lipinski definition) is 1. The van der Waals surface area contributed by atoms with E-state index in [0.717, 1.165) is 43.2 Å². The van der Waals surface area contributed by atoms with Crippen molar-refractivity contribution in [1.29, 1.82) is 0 Å². The van der Waals surface area contributed by atoms with E-state index in [4.69, 9.17) is 16.0 Å². The van der Waals surface area contributed by atoms with E-state index in [2.05, 4.69) is 5.32 Å². The van der Waals surface area contributed by atoms with E-state index in [-0.39, 0.29) is 11.9 Å². The van der Waals surface area contributed by atoms with Crippen LogP contribution in [0.5, 0.6) is 0 Å². The van der Waals surface area contributed by atoms with Crippen molar-refractivity contribution >= 4 is 17.5 Å². The van der Waals surface area contributed by atoms with E-state index in [1.165, 1.54) is 0 Å². The van der Waals surface area contributed by atoms with Crippen molar-refractivity contribution in [2.75, 3.05) is 0 Å². The predicted molar refractivity (Wildman–Crippen MR) is 91.6 cm³/mol. The summed E-state index contributed by atoms with van der Waals surface area (Å²) < 4.78 is 5.10. The van der Waals surface area contributed by atoms with Gasteiger partial charge in [0.1, 0.15) is 0 Å². The first-order valence-electron chi connectivity index (χ1n) is 8.18. The molecule has 1 heterocycles. The molecule has 0 saturated heterocycles. The quantitative estimate of drug-likeness (QED) is 0.877. The maximum absolute atomic E-state index is 13.0. The molecule has 3 nitrogen and oxygen atoms in total. The van der Waals surface area contributed by atoms with Crippen LogP contribution >= 0.6 is 11.6 Å². The second-order valence-corrected chi connectivity index (χ2v) is 6.94. The summed E-state index contributed by atoms with van der Waals surface area (Å²) in [4.78, 5) is 13.0. The Hall–Kier alpha value is -1.74. The SMILES string of the molecule is C[C@H](Cc1ccoc1)NC(=O)C1(c2ccc(Cl)cc2)CCCC1. The van der Waals surface area contributed by atoms with Gasteiger partial charge in [0.2, 0.25) is 5.91 Å². The first-order valence-corrected chi connectivity index (χ1v) is 8.56. The molecule has 1 aromatic carbocycles. The van der Waals surface area contributed by atoms with Gasteiger partial charge in [-0.1, -0.05) is 36.6 Å². The van der Waals surface area contributed by atoms with E-state index in [1.54, 1.807) is 12.5 Å². The highest BCUT2D eigenvalue weighted by Crippen LogP contribution is 2.41. The average molecular weight is 332 g/mol. The summed E-state index contributed by atoms with van der Waals surface area (Å²) >= 11 is 6.00. The van der Waals surface area contributed by atoms with Crippen LogP contribution in [0.2, 0.25) is 5.02 Å². The second kappa shape index (κ2) is 6.79. The normalized spacial score (nSPS) is 17.8. The van der Waals surface area contributed by atoms with Crippen LogP contribution in [-0.2, 0) is 16.6 Å². The third-order valence-corrected chi connectivity index (χ3v) is 5.04. The molecule has 2 aromatic rings. The topological polar surface area (TPSA) is 42.2 Å². The Morgan fingerprint density at radius 1 is 1.26 bits per heavy atom. The van der Waals surface area contributed by atoms with Gasteiger partial charge in [-0.25, -0.2) is 0 Å². The molecule has 1 aromatic heterocycles. The van der Waals surface area contributed by atoms with Crippen molar-refractivity contribution in [3.05, 3.63) is 59.0 Å². The highest BCUT2D eigenvalue weighted by Gasteiger charge is 2.42. The van der Waals surface area contributed by atoms with Gasteiger partial charge in [-0.05, 0) is 55.5 Å². The zero-order valence-corrected chi connectivity index (χ0v) is 14.1. The Kier molecular flexibility index (Phi) is 4.76. The van der Waals surface area contributed by atoms with Gasteiger partial charge < -0.3 is 9.73 Å². The maximum Gasteiger partial charge on any atom is 0.230 e. The zero-order chi connectivity index (χ0) is 16.3. The molecular weight excluding hydrogens is 310 g/mol. The van der Waals surface area contributed by atoms with E-state index in [1.807, 2.05) is 37.3 Å². The average Bonchev–Trinajstić information content (AvgIpc) is 3.19. The van der Waals surface area contributed by atoms with Gasteiger partial charge in [0.15, 0.2) is 0 Å². The predicted octanol–water partition coefficient (Wildman–Crippen LogP) is 4.49. The number of furan rings is 1. The van der Waals surface area contributed by atoms with Gasteiger partial charge >= 0.3 is 0 Å². The van der Waals surface area contributed by atoms with Crippen molar-refractivity contribution in [2.24, 2.45) is 0 Å². The van der Waals surface area contributed by atoms with Crippen LogP contribution in [0.3, 0.4) is 0 Å². The largest absolute Gasteiger partial charge is 0.472 e. The molecule has 0 spiro atoms. The first kappa shape index (κ1) is 16.1. The zero-order valence-electron chi connectivity index (χ0n) is 13.3. The molecule has 0 aliphatic heterocycles. The highest BCUT2D eigenvalue weighted by molar-refractivity contribution is 6.30. The molecule has 3 rings (SSSR count). The van der Waals surface area contributed by atoms with Crippen LogP contribution in [0.1, 0.15) is 43.7 Å². The highest BCUT2D eigenvalue weighted by atomic mass is 35.5. The van der Waals surface area contributed by atoms with Crippen LogP contribution in [0.4, 0.5) is 0 Å². The second-order valence-electron chi connectivity index (χ2n) is 6.51. The minimum absolute atomic E-state index is 0.0740. The van der Waals surface area contributed by atoms with Crippen LogP contribution in [0.15, 0.2) is 47.3 Å². The number of hydrogen-bond acceptors (Lipinski definition) is 2. The minimum Gasteiger partial charge on any atom is -0.472 e. The molecule has 1 amide bonds. The molecule has 4 heteroatoms. The third kappa shape index (κ3) is 3.45. The van der Waals surface area contributed by atoms with Crippen LogP contribution < -0.4 is 5.32 Å². The molecule has 1 aliphatic carbocycles. The summed E-state index contributed by atoms with van der Waals surface area (Å²) in [7, 11) is 0.